The van der Waals surface area contributed by atoms with Crippen molar-refractivity contribution in [3.63, 3.8) is 0 Å². The van der Waals surface area contributed by atoms with Gasteiger partial charge in [0, 0.05) is 55.1 Å². The van der Waals surface area contributed by atoms with Gasteiger partial charge in [-0.2, -0.15) is 13.2 Å². The number of fused-ring (bicyclic) bond motifs is 4. The van der Waals surface area contributed by atoms with Crippen molar-refractivity contribution in [2.45, 2.75) is 94.3 Å². The molecule has 2 N–H and O–H groups in total. The average molecular weight is 569 g/mol. The lowest BCUT2D eigenvalue weighted by Crippen LogP contribution is -2.65. The molecule has 1 amide bonds. The third-order valence-corrected chi connectivity index (χ3v) is 12.3. The zero-order chi connectivity index (χ0) is 27.8. The number of ether oxygens (including phenoxy) is 1. The van der Waals surface area contributed by atoms with Crippen molar-refractivity contribution in [1.29, 1.82) is 0 Å². The van der Waals surface area contributed by atoms with Gasteiger partial charge in [0.05, 0.1) is 32.0 Å². The van der Waals surface area contributed by atoms with Crippen LogP contribution in [0.25, 0.3) is 0 Å². The molecule has 0 spiro atoms. The summed E-state index contributed by atoms with van der Waals surface area (Å²) in [6.45, 7) is 4.34. The highest BCUT2D eigenvalue weighted by Crippen LogP contribution is 2.53. The fourth-order valence-electron chi connectivity index (χ4n) is 9.86. The number of hydrazine groups is 1. The predicted octanol–water partition coefficient (Wildman–Crippen LogP) is 2.47. The Hall–Kier alpha value is -0.980. The van der Waals surface area contributed by atoms with Crippen molar-refractivity contribution >= 4 is 5.91 Å². The number of likely N-dealkylation sites (tertiary alicyclic amines) is 1. The van der Waals surface area contributed by atoms with Crippen molar-refractivity contribution < 1.29 is 22.7 Å². The third-order valence-electron chi connectivity index (χ3n) is 12.3. The van der Waals surface area contributed by atoms with Crippen molar-refractivity contribution in [3.05, 3.63) is 0 Å². The average Bonchev–Trinajstić information content (AvgIpc) is 3.47. The maximum absolute atomic E-state index is 14.6. The molecule has 11 heteroatoms. The van der Waals surface area contributed by atoms with E-state index in [2.05, 4.69) is 39.6 Å². The lowest BCUT2D eigenvalue weighted by Gasteiger charge is -2.55. The molecule has 0 aromatic carbocycles. The van der Waals surface area contributed by atoms with Crippen LogP contribution >= 0.6 is 0 Å². The summed E-state index contributed by atoms with van der Waals surface area (Å²) in [5.74, 6) is -2.04. The first kappa shape index (κ1) is 27.8. The van der Waals surface area contributed by atoms with Crippen molar-refractivity contribution in [3.8, 4) is 0 Å². The number of hydrogen-bond donors (Lipinski definition) is 2. The summed E-state index contributed by atoms with van der Waals surface area (Å²) >= 11 is 0. The van der Waals surface area contributed by atoms with E-state index < -0.39 is 23.9 Å². The van der Waals surface area contributed by atoms with Gasteiger partial charge in [-0.3, -0.25) is 14.6 Å². The number of carbonyl (C=O) groups excluding carboxylic acids is 1. The van der Waals surface area contributed by atoms with Crippen LogP contribution in [0, 0.1) is 29.1 Å². The summed E-state index contributed by atoms with van der Waals surface area (Å²) < 4.78 is 49.5. The number of nitrogens with zero attached hydrogens (tertiary/aromatic N) is 4. The SMILES string of the molecule is CN1CC2CCC1CN2C1CC2C(=O)N(C3CCCC(C4(CC5NNCN5C)COC4)C3)CC2C(C(F)(F)F)C1. The molecule has 0 radical (unpaired) electrons. The Morgan fingerprint density at radius 3 is 2.35 bits per heavy atom. The molecule has 8 rings (SSSR count). The summed E-state index contributed by atoms with van der Waals surface area (Å²) in [7, 11) is 4.25. The van der Waals surface area contributed by atoms with Crippen LogP contribution < -0.4 is 10.9 Å². The number of amides is 1. The molecule has 8 aliphatic rings. The van der Waals surface area contributed by atoms with Crippen LogP contribution in [0.4, 0.5) is 13.2 Å². The topological polar surface area (TPSA) is 63.3 Å². The van der Waals surface area contributed by atoms with Gasteiger partial charge in [0.25, 0.3) is 0 Å². The number of alkyl halides is 3. The summed E-state index contributed by atoms with van der Waals surface area (Å²) in [6, 6.07) is 0.660. The molecule has 0 aromatic rings. The van der Waals surface area contributed by atoms with E-state index in [4.69, 9.17) is 4.74 Å². The zero-order valence-corrected chi connectivity index (χ0v) is 24.0. The lowest BCUT2D eigenvalue weighted by molar-refractivity contribution is -0.208. The summed E-state index contributed by atoms with van der Waals surface area (Å²) in [5, 5.41) is 0. The van der Waals surface area contributed by atoms with Gasteiger partial charge in [0.2, 0.25) is 5.91 Å². The highest BCUT2D eigenvalue weighted by Gasteiger charge is 2.60. The minimum absolute atomic E-state index is 0.00851. The number of carbonyl (C=O) groups is 1. The Morgan fingerprint density at radius 1 is 0.925 bits per heavy atom. The van der Waals surface area contributed by atoms with Gasteiger partial charge in [-0.1, -0.05) is 6.42 Å². The highest BCUT2D eigenvalue weighted by atomic mass is 19.4. The van der Waals surface area contributed by atoms with Crippen LogP contribution in [0.2, 0.25) is 0 Å². The van der Waals surface area contributed by atoms with Gasteiger partial charge in [-0.15, -0.1) is 0 Å². The van der Waals surface area contributed by atoms with Crippen LogP contribution in [0.5, 0.6) is 0 Å². The monoisotopic (exact) mass is 568 g/mol. The Balaban J connectivity index is 1.07. The molecule has 2 aliphatic carbocycles. The Labute approximate surface area is 236 Å². The number of rotatable bonds is 5. The maximum Gasteiger partial charge on any atom is 0.392 e. The van der Waals surface area contributed by atoms with Crippen LogP contribution in [-0.2, 0) is 9.53 Å². The molecule has 6 saturated heterocycles. The Morgan fingerprint density at radius 2 is 1.73 bits per heavy atom. The third kappa shape index (κ3) is 4.71. The second-order valence-corrected chi connectivity index (χ2v) is 14.4. The molecule has 6 aliphatic heterocycles. The first-order valence-electron chi connectivity index (χ1n) is 15.7. The number of hydrogen-bond acceptors (Lipinski definition) is 7. The van der Waals surface area contributed by atoms with Crippen LogP contribution in [-0.4, -0.2) is 116 Å². The minimum atomic E-state index is -4.26. The number of nitrogens with one attached hydrogen (secondary N) is 2. The van der Waals surface area contributed by atoms with E-state index in [1.165, 1.54) is 0 Å². The van der Waals surface area contributed by atoms with E-state index in [1.807, 2.05) is 4.90 Å². The van der Waals surface area contributed by atoms with Crippen molar-refractivity contribution in [2.24, 2.45) is 29.1 Å². The first-order chi connectivity index (χ1) is 19.1. The van der Waals surface area contributed by atoms with Crippen LogP contribution in [0.15, 0.2) is 0 Å². The van der Waals surface area contributed by atoms with Crippen LogP contribution in [0.1, 0.15) is 57.8 Å². The summed E-state index contributed by atoms with van der Waals surface area (Å²) in [6.07, 6.45) is 3.84. The van der Waals surface area contributed by atoms with E-state index in [9.17, 15) is 18.0 Å². The standard InChI is InChI=1S/C29H47F3N6O2/c1-35-12-21-7-6-20(35)13-37(21)22-9-23-24(25(10-22)29(30,31)32)14-38(27(23)39)19-5-3-4-18(8-19)28(15-40-16-28)11-26-34-33-17-36(26)2/h18-26,33-34H,3-17H2,1-2H3. The smallest absolute Gasteiger partial charge is 0.380 e. The highest BCUT2D eigenvalue weighted by molar-refractivity contribution is 5.82. The van der Waals surface area contributed by atoms with Gasteiger partial charge < -0.3 is 14.5 Å². The molecule has 40 heavy (non-hydrogen) atoms. The van der Waals surface area contributed by atoms with E-state index in [0.717, 1.165) is 77.9 Å². The quantitative estimate of drug-likeness (QED) is 0.529. The van der Waals surface area contributed by atoms with Gasteiger partial charge in [0.1, 0.15) is 0 Å². The minimum Gasteiger partial charge on any atom is -0.380 e. The van der Waals surface area contributed by atoms with Crippen molar-refractivity contribution in [1.82, 2.24) is 30.5 Å². The molecular weight excluding hydrogens is 521 g/mol. The molecule has 6 heterocycles. The first-order valence-corrected chi connectivity index (χ1v) is 15.7. The molecule has 2 saturated carbocycles. The van der Waals surface area contributed by atoms with E-state index in [-0.39, 0.29) is 42.5 Å². The molecule has 2 bridgehead atoms. The molecular formula is C29H47F3N6O2. The van der Waals surface area contributed by atoms with E-state index >= 15 is 0 Å². The molecule has 226 valence electrons. The van der Waals surface area contributed by atoms with Crippen LogP contribution in [0.3, 0.4) is 0 Å². The van der Waals surface area contributed by atoms with Gasteiger partial charge in [-0.05, 0) is 77.3 Å². The Bertz CT molecular complexity index is 965. The predicted molar refractivity (Wildman–Crippen MR) is 144 cm³/mol. The fourth-order valence-corrected chi connectivity index (χ4v) is 9.86. The number of piperidine rings is 2. The molecule has 8 fully saturated rings. The van der Waals surface area contributed by atoms with E-state index in [0.29, 0.717) is 24.4 Å². The van der Waals surface area contributed by atoms with Gasteiger partial charge >= 0.3 is 6.18 Å². The van der Waals surface area contributed by atoms with Gasteiger partial charge in [-0.25, -0.2) is 10.9 Å². The lowest BCUT2D eigenvalue weighted by atomic mass is 9.64. The van der Waals surface area contributed by atoms with Crippen molar-refractivity contribution in [2.75, 3.05) is 53.6 Å². The molecule has 9 unspecified atom stereocenters. The second-order valence-electron chi connectivity index (χ2n) is 14.4. The molecule has 0 aromatic heterocycles. The number of halogens is 3. The summed E-state index contributed by atoms with van der Waals surface area (Å²) in [5.41, 5.74) is 6.68. The number of likely N-dealkylation sites (N-methyl/N-ethyl adjacent to an activating group) is 1. The maximum atomic E-state index is 14.6. The summed E-state index contributed by atoms with van der Waals surface area (Å²) in [4.78, 5) is 22.9. The van der Waals surface area contributed by atoms with E-state index in [1.54, 1.807) is 0 Å². The number of piperazine rings is 1. The molecule has 8 nitrogen and oxygen atoms in total. The fraction of sp³-hybridized carbons (Fsp3) is 0.966. The second kappa shape index (κ2) is 10.3. The largest absolute Gasteiger partial charge is 0.392 e. The van der Waals surface area contributed by atoms with Gasteiger partial charge in [0.15, 0.2) is 0 Å². The molecule has 9 atom stereocenters. The Kier molecular flexibility index (Phi) is 7.19. The zero-order valence-electron chi connectivity index (χ0n) is 24.0. The normalized spacial score (nSPS) is 44.7.